The van der Waals surface area contributed by atoms with Gasteiger partial charge in [0.25, 0.3) is 0 Å². The molecular formula is C10H16O. The molecule has 1 aliphatic carbocycles. The summed E-state index contributed by atoms with van der Waals surface area (Å²) in [5.41, 5.74) is -0.156. The summed E-state index contributed by atoms with van der Waals surface area (Å²) in [5.74, 6) is 0.466. The van der Waals surface area contributed by atoms with Crippen molar-refractivity contribution >= 4 is 6.29 Å². The van der Waals surface area contributed by atoms with Gasteiger partial charge in [0, 0.05) is 5.41 Å². The van der Waals surface area contributed by atoms with E-state index >= 15 is 0 Å². The van der Waals surface area contributed by atoms with E-state index in [1.54, 1.807) is 0 Å². The fraction of sp³-hybridized carbons (Fsp3) is 0.700. The van der Waals surface area contributed by atoms with E-state index in [0.717, 1.165) is 6.29 Å². The van der Waals surface area contributed by atoms with Crippen molar-refractivity contribution in [1.82, 2.24) is 0 Å². The monoisotopic (exact) mass is 152 g/mol. The Morgan fingerprint density at radius 2 is 2.27 bits per heavy atom. The average molecular weight is 152 g/mol. The molecule has 1 nitrogen and oxygen atoms in total. The maximum atomic E-state index is 10.7. The highest BCUT2D eigenvalue weighted by atomic mass is 16.1. The van der Waals surface area contributed by atoms with Crippen LogP contribution >= 0.6 is 0 Å². The van der Waals surface area contributed by atoms with Crippen molar-refractivity contribution in [3.05, 3.63) is 12.2 Å². The van der Waals surface area contributed by atoms with Crippen molar-refractivity contribution in [3.8, 4) is 0 Å². The molecule has 0 radical (unpaired) electrons. The van der Waals surface area contributed by atoms with Crippen LogP contribution in [0.3, 0.4) is 0 Å². The van der Waals surface area contributed by atoms with Crippen molar-refractivity contribution < 1.29 is 4.79 Å². The highest BCUT2D eigenvalue weighted by molar-refractivity contribution is 5.59. The van der Waals surface area contributed by atoms with Gasteiger partial charge in [-0.05, 0) is 25.2 Å². The molecule has 0 N–H and O–H groups in total. The Balaban J connectivity index is 2.65. The highest BCUT2D eigenvalue weighted by Gasteiger charge is 2.27. The van der Waals surface area contributed by atoms with Gasteiger partial charge in [0.05, 0.1) is 0 Å². The second kappa shape index (κ2) is 3.21. The Bertz CT molecular complexity index is 168. The van der Waals surface area contributed by atoms with Crippen LogP contribution in [-0.2, 0) is 4.79 Å². The number of carbonyl (C=O) groups excluding carboxylic acids is 1. The third kappa shape index (κ3) is 1.92. The molecule has 0 saturated heterocycles. The molecule has 0 fully saturated rings. The van der Waals surface area contributed by atoms with Crippen molar-refractivity contribution in [2.45, 2.75) is 33.1 Å². The predicted octanol–water partition coefficient (Wildman–Crippen LogP) is 2.57. The van der Waals surface area contributed by atoms with Gasteiger partial charge in [0.2, 0.25) is 0 Å². The van der Waals surface area contributed by atoms with Gasteiger partial charge >= 0.3 is 0 Å². The molecule has 1 aliphatic rings. The molecule has 0 aromatic rings. The molecule has 0 saturated carbocycles. The van der Waals surface area contributed by atoms with E-state index < -0.39 is 0 Å². The zero-order valence-electron chi connectivity index (χ0n) is 7.34. The normalized spacial score (nSPS) is 25.1. The van der Waals surface area contributed by atoms with Crippen molar-refractivity contribution in [1.29, 1.82) is 0 Å². The molecule has 62 valence electrons. The van der Waals surface area contributed by atoms with E-state index in [9.17, 15) is 4.79 Å². The number of rotatable bonds is 2. The second-order valence-corrected chi connectivity index (χ2v) is 3.90. The van der Waals surface area contributed by atoms with Crippen LogP contribution in [0.5, 0.6) is 0 Å². The minimum atomic E-state index is -0.156. The molecule has 0 amide bonds. The summed E-state index contributed by atoms with van der Waals surface area (Å²) < 4.78 is 0. The Morgan fingerprint density at radius 3 is 2.73 bits per heavy atom. The zero-order chi connectivity index (χ0) is 8.32. The fourth-order valence-corrected chi connectivity index (χ4v) is 1.52. The lowest BCUT2D eigenvalue weighted by atomic mass is 9.75. The summed E-state index contributed by atoms with van der Waals surface area (Å²) >= 11 is 0. The van der Waals surface area contributed by atoms with Crippen LogP contribution in [-0.4, -0.2) is 6.29 Å². The van der Waals surface area contributed by atoms with Gasteiger partial charge in [-0.3, -0.25) is 0 Å². The summed E-state index contributed by atoms with van der Waals surface area (Å²) in [6.45, 7) is 4.03. The highest BCUT2D eigenvalue weighted by Crippen LogP contribution is 2.32. The van der Waals surface area contributed by atoms with Crippen LogP contribution in [0.1, 0.15) is 33.1 Å². The lowest BCUT2D eigenvalue weighted by molar-refractivity contribution is -0.116. The largest absolute Gasteiger partial charge is 0.303 e. The topological polar surface area (TPSA) is 17.1 Å². The smallest absolute Gasteiger partial charge is 0.126 e. The number of carbonyl (C=O) groups is 1. The summed E-state index contributed by atoms with van der Waals surface area (Å²) in [6, 6.07) is 0. The van der Waals surface area contributed by atoms with Crippen molar-refractivity contribution in [3.63, 3.8) is 0 Å². The van der Waals surface area contributed by atoms with Crippen LogP contribution in [0.15, 0.2) is 12.2 Å². The fourth-order valence-electron chi connectivity index (χ4n) is 1.52. The molecule has 1 atom stereocenters. The molecule has 0 bridgehead atoms. The number of allylic oxidation sites excluding steroid dienone is 2. The van der Waals surface area contributed by atoms with E-state index in [1.165, 1.54) is 19.3 Å². The summed E-state index contributed by atoms with van der Waals surface area (Å²) in [7, 11) is 0. The molecule has 0 spiro atoms. The van der Waals surface area contributed by atoms with E-state index in [-0.39, 0.29) is 5.41 Å². The Labute approximate surface area is 68.5 Å². The third-order valence-electron chi connectivity index (χ3n) is 2.51. The molecule has 0 aliphatic heterocycles. The first kappa shape index (κ1) is 8.51. The standard InChI is InChI=1S/C10H16O/c1-10(2,8-11)9-6-4-3-5-7-9/h4,6,8-9H,3,5,7H2,1-2H3. The van der Waals surface area contributed by atoms with E-state index in [2.05, 4.69) is 12.2 Å². The number of hydrogen-bond acceptors (Lipinski definition) is 1. The molecule has 0 heterocycles. The van der Waals surface area contributed by atoms with Crippen LogP contribution < -0.4 is 0 Å². The maximum Gasteiger partial charge on any atom is 0.126 e. The van der Waals surface area contributed by atoms with Gasteiger partial charge in [0.15, 0.2) is 0 Å². The van der Waals surface area contributed by atoms with Gasteiger partial charge in [-0.25, -0.2) is 0 Å². The zero-order valence-corrected chi connectivity index (χ0v) is 7.34. The second-order valence-electron chi connectivity index (χ2n) is 3.90. The Hall–Kier alpha value is -0.590. The van der Waals surface area contributed by atoms with E-state index in [0.29, 0.717) is 5.92 Å². The number of hydrogen-bond donors (Lipinski definition) is 0. The molecule has 1 rings (SSSR count). The van der Waals surface area contributed by atoms with Crippen LogP contribution in [0.25, 0.3) is 0 Å². The lowest BCUT2D eigenvalue weighted by Crippen LogP contribution is -2.25. The number of aldehydes is 1. The van der Waals surface area contributed by atoms with Crippen LogP contribution in [0.2, 0.25) is 0 Å². The first-order valence-corrected chi connectivity index (χ1v) is 4.30. The van der Waals surface area contributed by atoms with E-state index in [1.807, 2.05) is 13.8 Å². The van der Waals surface area contributed by atoms with Gasteiger partial charge in [-0.1, -0.05) is 26.0 Å². The van der Waals surface area contributed by atoms with Crippen molar-refractivity contribution in [2.24, 2.45) is 11.3 Å². The predicted molar refractivity (Wildman–Crippen MR) is 46.3 cm³/mol. The Morgan fingerprint density at radius 1 is 1.55 bits per heavy atom. The first-order valence-electron chi connectivity index (χ1n) is 4.30. The van der Waals surface area contributed by atoms with Crippen LogP contribution in [0, 0.1) is 11.3 Å². The minimum Gasteiger partial charge on any atom is -0.303 e. The molecule has 1 heteroatoms. The molecule has 1 unspecified atom stereocenters. The summed E-state index contributed by atoms with van der Waals surface area (Å²) in [5, 5.41) is 0. The molecule has 0 aromatic carbocycles. The summed E-state index contributed by atoms with van der Waals surface area (Å²) in [6.07, 6.45) is 9.05. The van der Waals surface area contributed by atoms with Crippen LogP contribution in [0.4, 0.5) is 0 Å². The molecule has 11 heavy (non-hydrogen) atoms. The minimum absolute atomic E-state index is 0.156. The van der Waals surface area contributed by atoms with Gasteiger partial charge in [-0.15, -0.1) is 0 Å². The van der Waals surface area contributed by atoms with Gasteiger partial charge < -0.3 is 4.79 Å². The van der Waals surface area contributed by atoms with Crippen molar-refractivity contribution in [2.75, 3.05) is 0 Å². The van der Waals surface area contributed by atoms with Gasteiger partial charge in [-0.2, -0.15) is 0 Å². The maximum absolute atomic E-state index is 10.7. The molecule has 0 aromatic heterocycles. The van der Waals surface area contributed by atoms with E-state index in [4.69, 9.17) is 0 Å². The lowest BCUT2D eigenvalue weighted by Gasteiger charge is -2.28. The first-order chi connectivity index (χ1) is 5.17. The molecular weight excluding hydrogens is 136 g/mol. The summed E-state index contributed by atoms with van der Waals surface area (Å²) in [4.78, 5) is 10.7. The third-order valence-corrected chi connectivity index (χ3v) is 2.51. The SMILES string of the molecule is CC(C)(C=O)C1C=CCCC1. The average Bonchev–Trinajstić information content (AvgIpc) is 2.06. The Kier molecular flexibility index (Phi) is 2.48. The quantitative estimate of drug-likeness (QED) is 0.439. The van der Waals surface area contributed by atoms with Gasteiger partial charge in [0.1, 0.15) is 6.29 Å².